The summed E-state index contributed by atoms with van der Waals surface area (Å²) in [5.74, 6) is -1.08. The molecule has 21 heavy (non-hydrogen) atoms. The lowest BCUT2D eigenvalue weighted by Crippen LogP contribution is -2.46. The minimum atomic E-state index is -4.30. The van der Waals surface area contributed by atoms with Crippen LogP contribution < -0.4 is 5.73 Å². The van der Waals surface area contributed by atoms with E-state index in [0.717, 1.165) is 6.07 Å². The van der Waals surface area contributed by atoms with Crippen molar-refractivity contribution in [2.75, 3.05) is 0 Å². The van der Waals surface area contributed by atoms with Gasteiger partial charge in [0.05, 0.1) is 10.5 Å². The molecule has 114 valence electrons. The van der Waals surface area contributed by atoms with E-state index < -0.39 is 26.6 Å². The van der Waals surface area contributed by atoms with E-state index in [1.165, 1.54) is 25.1 Å². The van der Waals surface area contributed by atoms with Crippen molar-refractivity contribution in [1.29, 1.82) is 0 Å². The molecule has 8 nitrogen and oxygen atoms in total. The highest BCUT2D eigenvalue weighted by Gasteiger charge is 2.30. The first kappa shape index (κ1) is 17.0. The SMILES string of the molecule is CC(C)C(C)(N)OC(=O)c1ccccc1S(=O)(=O)N=[N+]=[N-]. The zero-order valence-electron chi connectivity index (χ0n) is 11.8. The van der Waals surface area contributed by atoms with Crippen molar-refractivity contribution in [3.05, 3.63) is 40.3 Å². The lowest BCUT2D eigenvalue weighted by Gasteiger charge is -2.29. The molecule has 0 fully saturated rings. The lowest BCUT2D eigenvalue weighted by atomic mass is 10.0. The molecule has 1 rings (SSSR count). The number of sulfonamides is 1. The van der Waals surface area contributed by atoms with Gasteiger partial charge in [-0.15, -0.1) is 0 Å². The van der Waals surface area contributed by atoms with Gasteiger partial charge in [0.1, 0.15) is 0 Å². The number of carbonyl (C=O) groups is 1. The van der Waals surface area contributed by atoms with E-state index in [-0.39, 0.29) is 11.5 Å². The molecule has 0 radical (unpaired) electrons. The van der Waals surface area contributed by atoms with Gasteiger partial charge >= 0.3 is 5.97 Å². The average Bonchev–Trinajstić information content (AvgIpc) is 2.38. The van der Waals surface area contributed by atoms with E-state index in [0.29, 0.717) is 0 Å². The standard InChI is InChI=1S/C12H16N4O4S/c1-8(2)12(3,13)20-11(17)9-6-4-5-7-10(9)21(18,19)16-15-14/h4-8H,13H2,1-3H3. The fraction of sp³-hybridized carbons (Fsp3) is 0.417. The molecule has 0 heterocycles. The van der Waals surface area contributed by atoms with Gasteiger partial charge in [0.15, 0.2) is 5.72 Å². The Labute approximate surface area is 122 Å². The van der Waals surface area contributed by atoms with Gasteiger partial charge in [0, 0.05) is 15.3 Å². The Balaban J connectivity index is 3.28. The van der Waals surface area contributed by atoms with Crippen LogP contribution in [0.25, 0.3) is 10.4 Å². The number of carbonyl (C=O) groups excluding carboxylic acids is 1. The molecule has 0 saturated heterocycles. The summed E-state index contributed by atoms with van der Waals surface area (Å²) in [4.78, 5) is 14.0. The fourth-order valence-corrected chi connectivity index (χ4v) is 2.19. The molecule has 0 bridgehead atoms. The molecule has 0 saturated carbocycles. The van der Waals surface area contributed by atoms with Crippen molar-refractivity contribution in [2.24, 2.45) is 16.2 Å². The van der Waals surface area contributed by atoms with Gasteiger partial charge in [-0.2, -0.15) is 0 Å². The maximum absolute atomic E-state index is 12.1. The molecule has 0 amide bonds. The molecule has 1 aromatic carbocycles. The smallest absolute Gasteiger partial charge is 0.341 e. The predicted molar refractivity (Wildman–Crippen MR) is 75.6 cm³/mol. The van der Waals surface area contributed by atoms with E-state index in [2.05, 4.69) is 9.43 Å². The van der Waals surface area contributed by atoms with Crippen molar-refractivity contribution in [3.8, 4) is 0 Å². The number of benzene rings is 1. The first-order chi connectivity index (χ1) is 9.62. The van der Waals surface area contributed by atoms with Gasteiger partial charge in [0.2, 0.25) is 0 Å². The monoisotopic (exact) mass is 312 g/mol. The number of rotatable bonds is 5. The van der Waals surface area contributed by atoms with Crippen molar-refractivity contribution < 1.29 is 17.9 Å². The number of hydrogen-bond donors (Lipinski definition) is 1. The summed E-state index contributed by atoms with van der Waals surface area (Å²) in [5.41, 5.74) is 12.6. The zero-order valence-corrected chi connectivity index (χ0v) is 12.7. The molecule has 0 aliphatic carbocycles. The second kappa shape index (κ2) is 6.13. The van der Waals surface area contributed by atoms with E-state index in [1.807, 2.05) is 0 Å². The zero-order chi connectivity index (χ0) is 16.3. The minimum Gasteiger partial charge on any atom is -0.441 e. The van der Waals surface area contributed by atoms with E-state index in [9.17, 15) is 13.2 Å². The predicted octanol–water partition coefficient (Wildman–Crippen LogP) is 2.17. The van der Waals surface area contributed by atoms with Crippen molar-refractivity contribution >= 4 is 16.0 Å². The van der Waals surface area contributed by atoms with Crippen LogP contribution in [0.1, 0.15) is 31.1 Å². The number of esters is 1. The molecule has 9 heteroatoms. The van der Waals surface area contributed by atoms with Gasteiger partial charge in [-0.1, -0.05) is 26.0 Å². The van der Waals surface area contributed by atoms with Gasteiger partial charge in [0.25, 0.3) is 10.0 Å². The highest BCUT2D eigenvalue weighted by molar-refractivity contribution is 7.90. The van der Waals surface area contributed by atoms with Crippen LogP contribution in [0.3, 0.4) is 0 Å². The Kier molecular flexibility index (Phi) is 4.95. The number of nitrogens with two attached hydrogens (primary N) is 1. The van der Waals surface area contributed by atoms with E-state index >= 15 is 0 Å². The van der Waals surface area contributed by atoms with Gasteiger partial charge in [-0.25, -0.2) is 13.2 Å². The minimum absolute atomic E-state index is 0.178. The third kappa shape index (κ3) is 3.94. The van der Waals surface area contributed by atoms with Crippen molar-refractivity contribution in [2.45, 2.75) is 31.4 Å². The summed E-state index contributed by atoms with van der Waals surface area (Å²) < 4.78 is 31.4. The van der Waals surface area contributed by atoms with Crippen LogP contribution in [0.5, 0.6) is 0 Å². The Morgan fingerprint density at radius 2 is 2.00 bits per heavy atom. The molecule has 1 atom stereocenters. The van der Waals surface area contributed by atoms with Crippen LogP contribution in [0.4, 0.5) is 0 Å². The third-order valence-electron chi connectivity index (χ3n) is 2.99. The van der Waals surface area contributed by atoms with Crippen LogP contribution in [0.15, 0.2) is 33.7 Å². The Morgan fingerprint density at radius 3 is 2.52 bits per heavy atom. The Morgan fingerprint density at radius 1 is 1.43 bits per heavy atom. The Hall–Kier alpha value is -2.09. The molecule has 0 spiro atoms. The summed E-state index contributed by atoms with van der Waals surface area (Å²) in [7, 11) is -4.30. The summed E-state index contributed by atoms with van der Waals surface area (Å²) in [6.07, 6.45) is 0. The summed E-state index contributed by atoms with van der Waals surface area (Å²) in [6, 6.07) is 5.29. The summed E-state index contributed by atoms with van der Waals surface area (Å²) in [5, 5.41) is 0. The normalized spacial score (nSPS) is 14.1. The third-order valence-corrected chi connectivity index (χ3v) is 4.19. The molecule has 1 unspecified atom stereocenters. The largest absolute Gasteiger partial charge is 0.441 e. The van der Waals surface area contributed by atoms with Gasteiger partial charge in [-0.3, -0.25) is 5.73 Å². The van der Waals surface area contributed by atoms with Crippen LogP contribution >= 0.6 is 0 Å². The Bertz CT molecular complexity index is 691. The number of azide groups is 1. The second-order valence-corrected chi connectivity index (χ2v) is 6.42. The second-order valence-electron chi connectivity index (χ2n) is 4.87. The first-order valence-electron chi connectivity index (χ1n) is 6.04. The molecule has 0 aliphatic heterocycles. The summed E-state index contributed by atoms with van der Waals surface area (Å²) >= 11 is 0. The van der Waals surface area contributed by atoms with Gasteiger partial charge < -0.3 is 4.74 Å². The summed E-state index contributed by atoms with van der Waals surface area (Å²) in [6.45, 7) is 5.03. The van der Waals surface area contributed by atoms with Gasteiger partial charge in [-0.05, 0) is 24.6 Å². The van der Waals surface area contributed by atoms with Crippen molar-refractivity contribution in [1.82, 2.24) is 0 Å². The fourth-order valence-electron chi connectivity index (χ4n) is 1.32. The number of ether oxygens (including phenoxy) is 1. The first-order valence-corrected chi connectivity index (χ1v) is 7.48. The maximum Gasteiger partial charge on any atom is 0.341 e. The highest BCUT2D eigenvalue weighted by Crippen LogP contribution is 2.22. The van der Waals surface area contributed by atoms with Crippen LogP contribution in [-0.4, -0.2) is 20.1 Å². The molecule has 0 aromatic heterocycles. The highest BCUT2D eigenvalue weighted by atomic mass is 32.2. The molecular weight excluding hydrogens is 296 g/mol. The quantitative estimate of drug-likeness (QED) is 0.292. The molecule has 0 aliphatic rings. The van der Waals surface area contributed by atoms with E-state index in [1.54, 1.807) is 13.8 Å². The number of hydrogen-bond acceptors (Lipinski definition) is 5. The molecular formula is C12H16N4O4S. The van der Waals surface area contributed by atoms with Crippen LogP contribution in [0, 0.1) is 5.92 Å². The molecule has 1 aromatic rings. The van der Waals surface area contributed by atoms with Crippen LogP contribution in [0.2, 0.25) is 0 Å². The van der Waals surface area contributed by atoms with Crippen molar-refractivity contribution in [3.63, 3.8) is 0 Å². The lowest BCUT2D eigenvalue weighted by molar-refractivity contribution is -0.0296. The topological polar surface area (TPSA) is 135 Å². The average molecular weight is 312 g/mol. The molecule has 2 N–H and O–H groups in total. The number of nitrogens with zero attached hydrogens (tertiary/aromatic N) is 3. The maximum atomic E-state index is 12.1. The van der Waals surface area contributed by atoms with Crippen LogP contribution in [-0.2, 0) is 14.8 Å². The van der Waals surface area contributed by atoms with E-state index in [4.69, 9.17) is 16.0 Å².